The fourth-order valence-electron chi connectivity index (χ4n) is 0.665. The van der Waals surface area contributed by atoms with Gasteiger partial charge in [0.25, 0.3) is 5.17 Å². The lowest BCUT2D eigenvalue weighted by Crippen LogP contribution is -2.26. The first-order valence-corrected chi connectivity index (χ1v) is 4.18. The smallest absolute Gasteiger partial charge is 0.257 e. The highest BCUT2D eigenvalue weighted by Crippen LogP contribution is 1.93. The van der Waals surface area contributed by atoms with Crippen LogP contribution in [0.4, 0.5) is 0 Å². The van der Waals surface area contributed by atoms with E-state index in [2.05, 4.69) is 5.32 Å². The summed E-state index contributed by atoms with van der Waals surface area (Å²) >= 11 is 4.88. The Labute approximate surface area is 73.6 Å². The van der Waals surface area contributed by atoms with Crippen LogP contribution in [0.1, 0.15) is 20.8 Å². The Morgan fingerprint density at radius 1 is 1.73 bits per heavy atom. The van der Waals surface area contributed by atoms with Crippen LogP contribution < -0.4 is 5.32 Å². The molecule has 0 fully saturated rings. The monoisotopic (exact) mass is 173 g/mol. The van der Waals surface area contributed by atoms with Gasteiger partial charge < -0.3 is 10.1 Å². The molecule has 0 aliphatic carbocycles. The molecule has 0 heterocycles. The Morgan fingerprint density at radius 2 is 2.36 bits per heavy atom. The Balaban J connectivity index is 3.57. The molecule has 0 spiro atoms. The minimum atomic E-state index is 0.0616. The van der Waals surface area contributed by atoms with Crippen molar-refractivity contribution in [3.8, 4) is 0 Å². The van der Waals surface area contributed by atoms with E-state index in [1.54, 1.807) is 0 Å². The molecule has 64 valence electrons. The van der Waals surface area contributed by atoms with Crippen molar-refractivity contribution in [1.82, 2.24) is 5.32 Å². The normalized spacial score (nSPS) is 13.0. The summed E-state index contributed by atoms with van der Waals surface area (Å²) in [7, 11) is 0. The van der Waals surface area contributed by atoms with E-state index >= 15 is 0 Å². The van der Waals surface area contributed by atoms with Gasteiger partial charge in [-0.05, 0) is 39.1 Å². The molecular formula is C8H15NOS. The predicted octanol–water partition coefficient (Wildman–Crippen LogP) is 1.86. The minimum Gasteiger partial charge on any atom is -0.464 e. The highest BCUT2D eigenvalue weighted by atomic mass is 32.1. The summed E-state index contributed by atoms with van der Waals surface area (Å²) in [4.78, 5) is 0. The standard InChI is InChI=1S/C8H15NOS/c1-4-6-7(3)10-8(11)9-5-2/h4,6-7H,5H2,1-3H3,(H,9,11)/b6-4+/t7-/m1/s1. The van der Waals surface area contributed by atoms with Crippen molar-refractivity contribution in [1.29, 1.82) is 0 Å². The molecule has 0 aliphatic heterocycles. The third kappa shape index (κ3) is 5.85. The van der Waals surface area contributed by atoms with Crippen LogP contribution >= 0.6 is 12.2 Å². The zero-order chi connectivity index (χ0) is 8.69. The number of hydrogen-bond donors (Lipinski definition) is 1. The molecule has 0 aromatic heterocycles. The van der Waals surface area contributed by atoms with Crippen LogP contribution in [0.3, 0.4) is 0 Å². The van der Waals surface area contributed by atoms with E-state index in [9.17, 15) is 0 Å². The van der Waals surface area contributed by atoms with Gasteiger partial charge in [-0.25, -0.2) is 0 Å². The van der Waals surface area contributed by atoms with Crippen molar-refractivity contribution >= 4 is 17.4 Å². The average Bonchev–Trinajstić information content (AvgIpc) is 1.87. The molecule has 0 saturated carbocycles. The van der Waals surface area contributed by atoms with Crippen molar-refractivity contribution in [3.05, 3.63) is 12.2 Å². The van der Waals surface area contributed by atoms with Gasteiger partial charge in [0.1, 0.15) is 6.10 Å². The van der Waals surface area contributed by atoms with E-state index in [0.29, 0.717) is 5.17 Å². The molecule has 0 radical (unpaired) electrons. The average molecular weight is 173 g/mol. The summed E-state index contributed by atoms with van der Waals surface area (Å²) < 4.78 is 5.26. The lowest BCUT2D eigenvalue weighted by molar-refractivity contribution is 0.251. The van der Waals surface area contributed by atoms with E-state index in [1.807, 2.05) is 32.9 Å². The molecule has 0 aliphatic rings. The zero-order valence-corrected chi connectivity index (χ0v) is 8.07. The summed E-state index contributed by atoms with van der Waals surface area (Å²) in [5, 5.41) is 3.38. The second-order valence-electron chi connectivity index (χ2n) is 2.17. The third-order valence-corrected chi connectivity index (χ3v) is 1.32. The SMILES string of the molecule is C/C=C/[C@@H](C)OC(=S)NCC. The van der Waals surface area contributed by atoms with E-state index < -0.39 is 0 Å². The second kappa shape index (κ2) is 6.16. The summed E-state index contributed by atoms with van der Waals surface area (Å²) in [5.41, 5.74) is 0. The zero-order valence-electron chi connectivity index (χ0n) is 7.26. The maximum absolute atomic E-state index is 5.26. The largest absolute Gasteiger partial charge is 0.464 e. The molecule has 3 heteroatoms. The summed E-state index contributed by atoms with van der Waals surface area (Å²) in [6, 6.07) is 0. The molecule has 0 rings (SSSR count). The van der Waals surface area contributed by atoms with Gasteiger partial charge in [-0.2, -0.15) is 0 Å². The van der Waals surface area contributed by atoms with Crippen LogP contribution in [-0.4, -0.2) is 17.8 Å². The van der Waals surface area contributed by atoms with Gasteiger partial charge in [-0.15, -0.1) is 0 Å². The molecule has 1 atom stereocenters. The highest BCUT2D eigenvalue weighted by molar-refractivity contribution is 7.80. The van der Waals surface area contributed by atoms with Crippen molar-refractivity contribution in [2.24, 2.45) is 0 Å². The topological polar surface area (TPSA) is 21.3 Å². The van der Waals surface area contributed by atoms with Crippen LogP contribution in [0.2, 0.25) is 0 Å². The molecule has 0 saturated heterocycles. The van der Waals surface area contributed by atoms with Crippen molar-refractivity contribution in [2.45, 2.75) is 26.9 Å². The number of nitrogens with one attached hydrogen (secondary N) is 1. The maximum Gasteiger partial charge on any atom is 0.257 e. The molecule has 0 aromatic carbocycles. The third-order valence-electron chi connectivity index (χ3n) is 1.08. The molecule has 2 nitrogen and oxygen atoms in total. The second-order valence-corrected chi connectivity index (χ2v) is 2.54. The number of allylic oxidation sites excluding steroid dienone is 1. The number of ether oxygens (including phenoxy) is 1. The summed E-state index contributed by atoms with van der Waals surface area (Å²) in [6.07, 6.45) is 3.95. The molecular weight excluding hydrogens is 158 g/mol. The first-order chi connectivity index (χ1) is 5.20. The fraction of sp³-hybridized carbons (Fsp3) is 0.625. The van der Waals surface area contributed by atoms with Crippen LogP contribution in [-0.2, 0) is 4.74 Å². The molecule has 11 heavy (non-hydrogen) atoms. The van der Waals surface area contributed by atoms with Gasteiger partial charge in [0, 0.05) is 6.54 Å². The molecule has 0 aromatic rings. The lowest BCUT2D eigenvalue weighted by Gasteiger charge is -2.11. The number of rotatable bonds is 3. The lowest BCUT2D eigenvalue weighted by atomic mass is 10.4. The Kier molecular flexibility index (Phi) is 5.84. The summed E-state index contributed by atoms with van der Waals surface area (Å²) in [5.74, 6) is 0. The van der Waals surface area contributed by atoms with Crippen molar-refractivity contribution in [2.75, 3.05) is 6.54 Å². The van der Waals surface area contributed by atoms with E-state index in [0.717, 1.165) is 6.54 Å². The first kappa shape index (κ1) is 10.4. The molecule has 1 N–H and O–H groups in total. The molecule has 0 amide bonds. The quantitative estimate of drug-likeness (QED) is 0.520. The van der Waals surface area contributed by atoms with Crippen molar-refractivity contribution in [3.63, 3.8) is 0 Å². The van der Waals surface area contributed by atoms with Crippen LogP contribution in [0.5, 0.6) is 0 Å². The first-order valence-electron chi connectivity index (χ1n) is 3.78. The predicted molar refractivity (Wildman–Crippen MR) is 51.6 cm³/mol. The van der Waals surface area contributed by atoms with E-state index in [-0.39, 0.29) is 6.10 Å². The maximum atomic E-state index is 5.26. The highest BCUT2D eigenvalue weighted by Gasteiger charge is 1.98. The Morgan fingerprint density at radius 3 is 2.82 bits per heavy atom. The Hall–Kier alpha value is -0.570. The summed E-state index contributed by atoms with van der Waals surface area (Å²) in [6.45, 7) is 6.69. The van der Waals surface area contributed by atoms with Crippen molar-refractivity contribution < 1.29 is 4.74 Å². The van der Waals surface area contributed by atoms with Crippen LogP contribution in [0, 0.1) is 0 Å². The Bertz CT molecular complexity index is 145. The van der Waals surface area contributed by atoms with Gasteiger partial charge in [0.2, 0.25) is 0 Å². The van der Waals surface area contributed by atoms with E-state index in [1.165, 1.54) is 0 Å². The van der Waals surface area contributed by atoms with E-state index in [4.69, 9.17) is 17.0 Å². The van der Waals surface area contributed by atoms with Gasteiger partial charge in [0.05, 0.1) is 0 Å². The van der Waals surface area contributed by atoms with Gasteiger partial charge in [0.15, 0.2) is 0 Å². The van der Waals surface area contributed by atoms with Gasteiger partial charge in [-0.3, -0.25) is 0 Å². The van der Waals surface area contributed by atoms with Crippen LogP contribution in [0.25, 0.3) is 0 Å². The molecule has 0 bridgehead atoms. The molecule has 0 unspecified atom stereocenters. The minimum absolute atomic E-state index is 0.0616. The number of hydrogen-bond acceptors (Lipinski definition) is 2. The van der Waals surface area contributed by atoms with Gasteiger partial charge >= 0.3 is 0 Å². The number of thiocarbonyl (C=S) groups is 1. The van der Waals surface area contributed by atoms with Crippen LogP contribution in [0.15, 0.2) is 12.2 Å². The fourth-order valence-corrected chi connectivity index (χ4v) is 0.961. The van der Waals surface area contributed by atoms with Gasteiger partial charge in [-0.1, -0.05) is 6.08 Å².